The van der Waals surface area contributed by atoms with Crippen LogP contribution in [0.1, 0.15) is 5.56 Å². The molecule has 15 heavy (non-hydrogen) atoms. The van der Waals surface area contributed by atoms with Crippen molar-refractivity contribution in [3.05, 3.63) is 35.6 Å². The average molecular weight is 222 g/mol. The lowest BCUT2D eigenvalue weighted by atomic mass is 10.1. The van der Waals surface area contributed by atoms with Crippen LogP contribution in [0.3, 0.4) is 0 Å². The molecule has 0 aliphatic carbocycles. The minimum Gasteiger partial charge on any atom is -0.366 e. The molecule has 0 fully saturated rings. The van der Waals surface area contributed by atoms with Gasteiger partial charge in [0.25, 0.3) is 0 Å². The molecule has 1 aromatic heterocycles. The number of nitrogens with zero attached hydrogens (tertiary/aromatic N) is 1. The van der Waals surface area contributed by atoms with Crippen molar-refractivity contribution >= 4 is 34.1 Å². The van der Waals surface area contributed by atoms with Gasteiger partial charge in [-0.2, -0.15) is 0 Å². The van der Waals surface area contributed by atoms with Gasteiger partial charge in [-0.15, -0.1) is 0 Å². The van der Waals surface area contributed by atoms with E-state index >= 15 is 0 Å². The van der Waals surface area contributed by atoms with E-state index in [-0.39, 0.29) is 10.9 Å². The molecular weight excluding hydrogens is 214 g/mol. The second kappa shape index (κ2) is 3.40. The van der Waals surface area contributed by atoms with E-state index in [0.717, 1.165) is 5.52 Å². The number of aromatic nitrogens is 2. The van der Waals surface area contributed by atoms with Crippen LogP contribution in [0.15, 0.2) is 24.8 Å². The molecule has 4 nitrogen and oxygen atoms in total. The molecule has 2 aromatic rings. The second-order valence-corrected chi connectivity index (χ2v) is 3.43. The quantitative estimate of drug-likeness (QED) is 0.758. The predicted octanol–water partition coefficient (Wildman–Crippen LogP) is 1.71. The number of aromatic amines is 1. The molecule has 0 saturated carbocycles. The molecule has 0 aliphatic heterocycles. The average Bonchev–Trinajstić information content (AvgIpc) is 2.56. The van der Waals surface area contributed by atoms with Crippen LogP contribution in [0.25, 0.3) is 16.6 Å². The van der Waals surface area contributed by atoms with Gasteiger partial charge in [-0.25, -0.2) is 4.98 Å². The number of nitrogens with two attached hydrogens (primary N) is 1. The van der Waals surface area contributed by atoms with Gasteiger partial charge in [0.1, 0.15) is 0 Å². The van der Waals surface area contributed by atoms with Crippen LogP contribution in [-0.2, 0) is 4.79 Å². The van der Waals surface area contributed by atoms with Gasteiger partial charge in [0.15, 0.2) is 0 Å². The number of imidazole rings is 1. The van der Waals surface area contributed by atoms with Crippen molar-refractivity contribution in [2.45, 2.75) is 0 Å². The maximum Gasteiger partial charge on any atom is 0.248 e. The number of amides is 1. The fourth-order valence-electron chi connectivity index (χ4n) is 1.38. The molecule has 0 saturated heterocycles. The highest BCUT2D eigenvalue weighted by Crippen LogP contribution is 2.23. The molecule has 1 heterocycles. The van der Waals surface area contributed by atoms with E-state index in [2.05, 4.69) is 16.5 Å². The molecule has 5 heteroatoms. The molecule has 1 aromatic carbocycles. The van der Waals surface area contributed by atoms with Crippen molar-refractivity contribution in [1.82, 2.24) is 9.97 Å². The fraction of sp³-hybridized carbons (Fsp3) is 0. The van der Waals surface area contributed by atoms with Crippen molar-refractivity contribution in [2.75, 3.05) is 0 Å². The Balaban J connectivity index is 2.70. The van der Waals surface area contributed by atoms with Crippen molar-refractivity contribution in [2.24, 2.45) is 5.73 Å². The van der Waals surface area contributed by atoms with Crippen LogP contribution in [0, 0.1) is 0 Å². The van der Waals surface area contributed by atoms with E-state index in [1.807, 2.05) is 6.07 Å². The lowest BCUT2D eigenvalue weighted by Crippen LogP contribution is -2.12. The number of nitrogens with one attached hydrogen (secondary N) is 1. The number of benzene rings is 1. The molecule has 1 amide bonds. The molecule has 0 atom stereocenters. The molecule has 2 rings (SSSR count). The predicted molar refractivity (Wildman–Crippen MR) is 59.3 cm³/mol. The number of halogens is 1. The Kier molecular flexibility index (Phi) is 2.21. The minimum absolute atomic E-state index is 0.226. The zero-order valence-corrected chi connectivity index (χ0v) is 8.51. The van der Waals surface area contributed by atoms with Gasteiger partial charge in [0.05, 0.1) is 11.0 Å². The first-order chi connectivity index (χ1) is 7.09. The zero-order chi connectivity index (χ0) is 11.0. The van der Waals surface area contributed by atoms with E-state index in [4.69, 9.17) is 17.3 Å². The molecular formula is C10H8ClN3O. The Hall–Kier alpha value is -1.81. The maximum atomic E-state index is 11.0. The van der Waals surface area contributed by atoms with E-state index in [1.54, 1.807) is 12.1 Å². The Morgan fingerprint density at radius 2 is 2.27 bits per heavy atom. The van der Waals surface area contributed by atoms with Gasteiger partial charge in [-0.3, -0.25) is 4.79 Å². The summed E-state index contributed by atoms with van der Waals surface area (Å²) in [6, 6.07) is 5.32. The summed E-state index contributed by atoms with van der Waals surface area (Å²) in [5, 5.41) is 0.273. The molecule has 76 valence electrons. The first-order valence-corrected chi connectivity index (χ1v) is 4.60. The Bertz CT molecular complexity index is 559. The van der Waals surface area contributed by atoms with E-state index in [1.165, 1.54) is 0 Å². The standard InChI is InChI=1S/C10H8ClN3O/c1-5(9(12)15)6-3-2-4-7-8(6)14-10(11)13-7/h2-4H,1H2,(H2,12,15)(H,13,14). The summed E-state index contributed by atoms with van der Waals surface area (Å²) in [5.41, 5.74) is 7.34. The summed E-state index contributed by atoms with van der Waals surface area (Å²) in [5.74, 6) is -0.568. The summed E-state index contributed by atoms with van der Waals surface area (Å²) < 4.78 is 0. The third-order valence-corrected chi connectivity index (χ3v) is 2.29. The lowest BCUT2D eigenvalue weighted by Gasteiger charge is -2.01. The summed E-state index contributed by atoms with van der Waals surface area (Å²) in [4.78, 5) is 17.9. The van der Waals surface area contributed by atoms with Crippen molar-refractivity contribution in [3.8, 4) is 0 Å². The monoisotopic (exact) mass is 221 g/mol. The number of carbonyl (C=O) groups excluding carboxylic acids is 1. The van der Waals surface area contributed by atoms with Gasteiger partial charge in [0.2, 0.25) is 11.2 Å². The Labute approximate surface area is 90.8 Å². The Morgan fingerprint density at radius 1 is 1.53 bits per heavy atom. The van der Waals surface area contributed by atoms with Crippen molar-refractivity contribution in [3.63, 3.8) is 0 Å². The summed E-state index contributed by atoms with van der Waals surface area (Å²) >= 11 is 5.73. The molecule has 0 aliphatic rings. The second-order valence-electron chi connectivity index (χ2n) is 3.07. The number of fused-ring (bicyclic) bond motifs is 1. The number of hydrogen-bond acceptors (Lipinski definition) is 2. The molecule has 0 radical (unpaired) electrons. The van der Waals surface area contributed by atoms with Gasteiger partial charge in [-0.05, 0) is 17.7 Å². The van der Waals surface area contributed by atoms with Crippen molar-refractivity contribution < 1.29 is 4.79 Å². The fourth-order valence-corrected chi connectivity index (χ4v) is 1.56. The van der Waals surface area contributed by atoms with Gasteiger partial charge < -0.3 is 10.7 Å². The van der Waals surface area contributed by atoms with Crippen LogP contribution in [-0.4, -0.2) is 15.9 Å². The largest absolute Gasteiger partial charge is 0.366 e. The van der Waals surface area contributed by atoms with Crippen LogP contribution in [0.2, 0.25) is 5.28 Å². The molecule has 3 N–H and O–H groups in total. The summed E-state index contributed by atoms with van der Waals surface area (Å²) in [7, 11) is 0. The third-order valence-electron chi connectivity index (χ3n) is 2.11. The Morgan fingerprint density at radius 3 is 2.93 bits per heavy atom. The van der Waals surface area contributed by atoms with E-state index < -0.39 is 5.91 Å². The van der Waals surface area contributed by atoms with Crippen LogP contribution >= 0.6 is 11.6 Å². The number of H-pyrrole nitrogens is 1. The molecule has 0 spiro atoms. The highest BCUT2D eigenvalue weighted by Gasteiger charge is 2.11. The van der Waals surface area contributed by atoms with Crippen LogP contribution < -0.4 is 5.73 Å². The molecule has 0 unspecified atom stereocenters. The highest BCUT2D eigenvalue weighted by molar-refractivity contribution is 6.29. The topological polar surface area (TPSA) is 71.8 Å². The van der Waals surface area contributed by atoms with E-state index in [0.29, 0.717) is 11.1 Å². The smallest absolute Gasteiger partial charge is 0.248 e. The van der Waals surface area contributed by atoms with Gasteiger partial charge in [-0.1, -0.05) is 18.7 Å². The van der Waals surface area contributed by atoms with Crippen LogP contribution in [0.5, 0.6) is 0 Å². The summed E-state index contributed by atoms with van der Waals surface area (Å²) in [6.07, 6.45) is 0. The number of rotatable bonds is 2. The maximum absolute atomic E-state index is 11.0. The zero-order valence-electron chi connectivity index (χ0n) is 7.75. The highest BCUT2D eigenvalue weighted by atomic mass is 35.5. The van der Waals surface area contributed by atoms with Crippen LogP contribution in [0.4, 0.5) is 0 Å². The normalized spacial score (nSPS) is 10.5. The number of para-hydroxylation sites is 1. The lowest BCUT2D eigenvalue weighted by molar-refractivity contribution is -0.112. The first-order valence-electron chi connectivity index (χ1n) is 4.23. The third kappa shape index (κ3) is 1.59. The minimum atomic E-state index is -0.568. The molecule has 0 bridgehead atoms. The summed E-state index contributed by atoms with van der Waals surface area (Å²) in [6.45, 7) is 3.61. The number of primary amides is 1. The number of hydrogen-bond donors (Lipinski definition) is 2. The number of carbonyl (C=O) groups is 1. The first kappa shape index (κ1) is 9.73. The van der Waals surface area contributed by atoms with Crippen molar-refractivity contribution in [1.29, 1.82) is 0 Å². The van der Waals surface area contributed by atoms with E-state index in [9.17, 15) is 4.79 Å². The SMILES string of the molecule is C=C(C(N)=O)c1cccc2[nH]c(Cl)nc12. The van der Waals surface area contributed by atoms with Gasteiger partial charge >= 0.3 is 0 Å². The van der Waals surface area contributed by atoms with Gasteiger partial charge in [0, 0.05) is 11.1 Å².